The Morgan fingerprint density at radius 2 is 2.18 bits per heavy atom. The first-order chi connectivity index (χ1) is 8.11. The molecule has 17 heavy (non-hydrogen) atoms. The van der Waals surface area contributed by atoms with Crippen LogP contribution in [0.3, 0.4) is 0 Å². The summed E-state index contributed by atoms with van der Waals surface area (Å²) < 4.78 is 1.87. The molecule has 0 aliphatic carbocycles. The zero-order valence-electron chi connectivity index (χ0n) is 10.4. The first kappa shape index (κ1) is 12.1. The van der Waals surface area contributed by atoms with E-state index >= 15 is 0 Å². The van der Waals surface area contributed by atoms with Gasteiger partial charge in [0, 0.05) is 19.2 Å². The molecule has 0 bridgehead atoms. The van der Waals surface area contributed by atoms with Crippen molar-refractivity contribution < 1.29 is 0 Å². The first-order valence-electron chi connectivity index (χ1n) is 5.35. The molecule has 0 aliphatic rings. The van der Waals surface area contributed by atoms with Gasteiger partial charge in [-0.15, -0.1) is 5.10 Å². The van der Waals surface area contributed by atoms with Crippen molar-refractivity contribution in [1.29, 1.82) is 0 Å². The zero-order valence-corrected chi connectivity index (χ0v) is 11.2. The molecule has 92 valence electrons. The second-order valence-electron chi connectivity index (χ2n) is 3.83. The topological polar surface area (TPSA) is 71.4 Å². The van der Waals surface area contributed by atoms with E-state index in [0.717, 1.165) is 28.2 Å². The molecule has 2 N–H and O–H groups in total. The SMILES string of the molecule is CNCc1c(C)nn(C)c1Sc1n[nH]c(C)n1. The summed E-state index contributed by atoms with van der Waals surface area (Å²) in [7, 11) is 3.87. The molecule has 0 atom stereocenters. The average molecular weight is 252 g/mol. The molecule has 2 aromatic rings. The Hall–Kier alpha value is -1.34. The van der Waals surface area contributed by atoms with Crippen molar-refractivity contribution >= 4 is 11.8 Å². The van der Waals surface area contributed by atoms with Gasteiger partial charge < -0.3 is 5.32 Å². The summed E-state index contributed by atoms with van der Waals surface area (Å²) in [6, 6.07) is 0. The minimum atomic E-state index is 0.725. The molecular weight excluding hydrogens is 236 g/mol. The fourth-order valence-corrected chi connectivity index (χ4v) is 2.61. The molecule has 0 radical (unpaired) electrons. The van der Waals surface area contributed by atoms with Crippen molar-refractivity contribution in [3.63, 3.8) is 0 Å². The van der Waals surface area contributed by atoms with Crippen LogP contribution in [0, 0.1) is 13.8 Å². The van der Waals surface area contributed by atoms with Gasteiger partial charge in [-0.05, 0) is 32.7 Å². The maximum Gasteiger partial charge on any atom is 0.214 e. The lowest BCUT2D eigenvalue weighted by Gasteiger charge is -2.03. The lowest BCUT2D eigenvalue weighted by atomic mass is 10.3. The lowest BCUT2D eigenvalue weighted by molar-refractivity contribution is 0.682. The van der Waals surface area contributed by atoms with E-state index in [-0.39, 0.29) is 0 Å². The van der Waals surface area contributed by atoms with Gasteiger partial charge in [-0.25, -0.2) is 4.98 Å². The van der Waals surface area contributed by atoms with Gasteiger partial charge in [-0.2, -0.15) is 5.10 Å². The van der Waals surface area contributed by atoms with Crippen LogP contribution < -0.4 is 5.32 Å². The van der Waals surface area contributed by atoms with Gasteiger partial charge in [-0.3, -0.25) is 9.78 Å². The Bertz CT molecular complexity index is 515. The first-order valence-corrected chi connectivity index (χ1v) is 6.17. The van der Waals surface area contributed by atoms with E-state index in [1.165, 1.54) is 17.3 Å². The van der Waals surface area contributed by atoms with E-state index < -0.39 is 0 Å². The van der Waals surface area contributed by atoms with E-state index in [0.29, 0.717) is 0 Å². The highest BCUT2D eigenvalue weighted by molar-refractivity contribution is 7.99. The van der Waals surface area contributed by atoms with Gasteiger partial charge in [0.05, 0.1) is 5.69 Å². The number of hydrogen-bond acceptors (Lipinski definition) is 5. The number of rotatable bonds is 4. The molecule has 7 heteroatoms. The highest BCUT2D eigenvalue weighted by Gasteiger charge is 2.15. The second kappa shape index (κ2) is 4.89. The van der Waals surface area contributed by atoms with Crippen LogP contribution in [0.15, 0.2) is 10.2 Å². The molecule has 0 unspecified atom stereocenters. The zero-order chi connectivity index (χ0) is 12.4. The van der Waals surface area contributed by atoms with Crippen molar-refractivity contribution in [3.05, 3.63) is 17.1 Å². The van der Waals surface area contributed by atoms with Crippen molar-refractivity contribution in [2.45, 2.75) is 30.6 Å². The fraction of sp³-hybridized carbons (Fsp3) is 0.500. The maximum atomic E-state index is 4.42. The number of H-pyrrole nitrogens is 1. The third-order valence-electron chi connectivity index (χ3n) is 2.41. The average Bonchev–Trinajstić information content (AvgIpc) is 2.78. The van der Waals surface area contributed by atoms with Gasteiger partial charge in [0.1, 0.15) is 10.9 Å². The molecule has 0 spiro atoms. The smallest absolute Gasteiger partial charge is 0.214 e. The number of aromatic amines is 1. The molecule has 0 saturated carbocycles. The summed E-state index contributed by atoms with van der Waals surface area (Å²) in [4.78, 5) is 4.29. The predicted octanol–water partition coefficient (Wildman–Crippen LogP) is 1.03. The normalized spacial score (nSPS) is 11.1. The van der Waals surface area contributed by atoms with Crippen molar-refractivity contribution in [3.8, 4) is 0 Å². The minimum absolute atomic E-state index is 0.725. The van der Waals surface area contributed by atoms with Crippen LogP contribution in [-0.2, 0) is 13.6 Å². The highest BCUT2D eigenvalue weighted by Crippen LogP contribution is 2.29. The summed E-state index contributed by atoms with van der Waals surface area (Å²) >= 11 is 1.53. The summed E-state index contributed by atoms with van der Waals surface area (Å²) in [6.07, 6.45) is 0. The molecule has 2 rings (SSSR count). The Labute approximate surface area is 104 Å². The molecule has 0 aromatic carbocycles. The molecular formula is C10H16N6S. The van der Waals surface area contributed by atoms with E-state index in [4.69, 9.17) is 0 Å². The number of aromatic nitrogens is 5. The van der Waals surface area contributed by atoms with E-state index in [9.17, 15) is 0 Å². The van der Waals surface area contributed by atoms with Crippen LogP contribution >= 0.6 is 11.8 Å². The van der Waals surface area contributed by atoms with Gasteiger partial charge in [-0.1, -0.05) is 0 Å². The van der Waals surface area contributed by atoms with Crippen molar-refractivity contribution in [2.24, 2.45) is 7.05 Å². The Balaban J connectivity index is 2.31. The number of nitrogens with zero attached hydrogens (tertiary/aromatic N) is 4. The molecule has 6 nitrogen and oxygen atoms in total. The highest BCUT2D eigenvalue weighted by atomic mass is 32.2. The van der Waals surface area contributed by atoms with Gasteiger partial charge >= 0.3 is 0 Å². The van der Waals surface area contributed by atoms with Crippen LogP contribution in [0.5, 0.6) is 0 Å². The van der Waals surface area contributed by atoms with Crippen LogP contribution in [0.2, 0.25) is 0 Å². The predicted molar refractivity (Wildman–Crippen MR) is 66.0 cm³/mol. The summed E-state index contributed by atoms with van der Waals surface area (Å²) in [5.41, 5.74) is 2.24. The summed E-state index contributed by atoms with van der Waals surface area (Å²) in [5, 5.41) is 16.3. The minimum Gasteiger partial charge on any atom is -0.316 e. The molecule has 0 saturated heterocycles. The van der Waals surface area contributed by atoms with Gasteiger partial charge in [0.2, 0.25) is 5.16 Å². The summed E-state index contributed by atoms with van der Waals surface area (Å²) in [5.74, 6) is 0.821. The molecule has 2 heterocycles. The van der Waals surface area contributed by atoms with Gasteiger partial charge in [0.15, 0.2) is 0 Å². The van der Waals surface area contributed by atoms with E-state index in [1.54, 1.807) is 0 Å². The number of aryl methyl sites for hydroxylation is 3. The molecule has 0 amide bonds. The molecule has 0 fully saturated rings. The van der Waals surface area contributed by atoms with Crippen molar-refractivity contribution in [2.75, 3.05) is 7.05 Å². The monoisotopic (exact) mass is 252 g/mol. The van der Waals surface area contributed by atoms with E-state index in [2.05, 4.69) is 25.6 Å². The van der Waals surface area contributed by atoms with Crippen LogP contribution in [0.25, 0.3) is 0 Å². The van der Waals surface area contributed by atoms with Crippen LogP contribution in [0.1, 0.15) is 17.1 Å². The van der Waals surface area contributed by atoms with Crippen LogP contribution in [0.4, 0.5) is 0 Å². The maximum absolute atomic E-state index is 4.42. The van der Waals surface area contributed by atoms with Crippen molar-refractivity contribution in [1.82, 2.24) is 30.3 Å². The Kier molecular flexibility index (Phi) is 3.49. The third kappa shape index (κ3) is 2.50. The molecule has 0 aliphatic heterocycles. The van der Waals surface area contributed by atoms with Gasteiger partial charge in [0.25, 0.3) is 0 Å². The quantitative estimate of drug-likeness (QED) is 0.850. The standard InChI is InChI=1S/C10H16N6S/c1-6-8(5-11-3)9(16(4)15-6)17-10-12-7(2)13-14-10/h11H,5H2,1-4H3,(H,12,13,14). The second-order valence-corrected chi connectivity index (χ2v) is 4.78. The Morgan fingerprint density at radius 3 is 2.76 bits per heavy atom. The number of nitrogens with one attached hydrogen (secondary N) is 2. The fourth-order valence-electron chi connectivity index (χ4n) is 1.64. The van der Waals surface area contributed by atoms with Crippen LogP contribution in [-0.4, -0.2) is 32.0 Å². The third-order valence-corrected chi connectivity index (χ3v) is 3.48. The molecule has 2 aromatic heterocycles. The largest absolute Gasteiger partial charge is 0.316 e. The summed E-state index contributed by atoms with van der Waals surface area (Å²) in [6.45, 7) is 4.70. The van der Waals surface area contributed by atoms with E-state index in [1.807, 2.05) is 32.6 Å². The number of hydrogen-bond donors (Lipinski definition) is 2. The lowest BCUT2D eigenvalue weighted by Crippen LogP contribution is -2.06. The Morgan fingerprint density at radius 1 is 1.41 bits per heavy atom.